The maximum Gasteiger partial charge on any atom is 0.303 e. The Morgan fingerprint density at radius 3 is 2.91 bits per heavy atom. The van der Waals surface area contributed by atoms with Crippen molar-refractivity contribution in [2.45, 2.75) is 19.3 Å². The Kier molecular flexibility index (Phi) is 4.00. The Labute approximate surface area is 129 Å². The minimum Gasteiger partial charge on any atom is -0.496 e. The summed E-state index contributed by atoms with van der Waals surface area (Å²) in [6, 6.07) is 11.9. The molecule has 0 aromatic heterocycles. The molecule has 0 radical (unpaired) electrons. The number of benzene rings is 2. The van der Waals surface area contributed by atoms with Gasteiger partial charge in [-0.05, 0) is 29.7 Å². The maximum atomic E-state index is 10.8. The molecule has 0 saturated carbocycles. The molecule has 0 spiro atoms. The van der Waals surface area contributed by atoms with E-state index in [4.69, 9.17) is 14.6 Å². The van der Waals surface area contributed by atoms with Gasteiger partial charge in [0.1, 0.15) is 11.5 Å². The molecule has 0 aliphatic carbocycles. The summed E-state index contributed by atoms with van der Waals surface area (Å²) < 4.78 is 11.2. The van der Waals surface area contributed by atoms with Gasteiger partial charge in [0, 0.05) is 24.0 Å². The average molecular weight is 298 g/mol. The second-order valence-electron chi connectivity index (χ2n) is 5.32. The number of aliphatic carboxylic acids is 1. The SMILES string of the molecule is COc1ccc(CCC(=O)O)cc1-c1cccc2c1OCC2. The van der Waals surface area contributed by atoms with Crippen LogP contribution in [0.25, 0.3) is 11.1 Å². The Morgan fingerprint density at radius 1 is 1.27 bits per heavy atom. The number of fused-ring (bicyclic) bond motifs is 1. The molecule has 22 heavy (non-hydrogen) atoms. The molecule has 114 valence electrons. The first-order valence-electron chi connectivity index (χ1n) is 7.33. The number of carboxylic acids is 1. The molecule has 0 saturated heterocycles. The van der Waals surface area contributed by atoms with Crippen LogP contribution in [0.15, 0.2) is 36.4 Å². The summed E-state index contributed by atoms with van der Waals surface area (Å²) >= 11 is 0. The third-order valence-corrected chi connectivity index (χ3v) is 3.90. The minimum absolute atomic E-state index is 0.120. The van der Waals surface area contributed by atoms with Crippen LogP contribution < -0.4 is 9.47 Å². The molecule has 0 atom stereocenters. The van der Waals surface area contributed by atoms with Gasteiger partial charge in [-0.3, -0.25) is 4.79 Å². The molecule has 0 fully saturated rings. The largest absolute Gasteiger partial charge is 0.496 e. The number of rotatable bonds is 5. The predicted molar refractivity (Wildman–Crippen MR) is 83.6 cm³/mol. The number of aryl methyl sites for hydroxylation is 1. The van der Waals surface area contributed by atoms with Gasteiger partial charge < -0.3 is 14.6 Å². The summed E-state index contributed by atoms with van der Waals surface area (Å²) in [7, 11) is 1.64. The van der Waals surface area contributed by atoms with Crippen LogP contribution in [0.4, 0.5) is 0 Å². The van der Waals surface area contributed by atoms with Gasteiger partial charge in [-0.25, -0.2) is 0 Å². The second kappa shape index (κ2) is 6.10. The van der Waals surface area contributed by atoms with Crippen molar-refractivity contribution in [1.29, 1.82) is 0 Å². The number of ether oxygens (including phenoxy) is 2. The quantitative estimate of drug-likeness (QED) is 0.920. The zero-order valence-electron chi connectivity index (χ0n) is 12.5. The Morgan fingerprint density at radius 2 is 2.14 bits per heavy atom. The van der Waals surface area contributed by atoms with Gasteiger partial charge in [0.2, 0.25) is 0 Å². The van der Waals surface area contributed by atoms with E-state index in [1.165, 1.54) is 5.56 Å². The van der Waals surface area contributed by atoms with Crippen LogP contribution in [0, 0.1) is 0 Å². The molecule has 2 aromatic rings. The summed E-state index contributed by atoms with van der Waals surface area (Å²) in [5.74, 6) is 0.889. The summed E-state index contributed by atoms with van der Waals surface area (Å²) in [5, 5.41) is 8.84. The van der Waals surface area contributed by atoms with Crippen molar-refractivity contribution in [3.05, 3.63) is 47.5 Å². The highest BCUT2D eigenvalue weighted by Crippen LogP contribution is 2.41. The van der Waals surface area contributed by atoms with E-state index in [2.05, 4.69) is 6.07 Å². The molecule has 1 heterocycles. The van der Waals surface area contributed by atoms with Crippen LogP contribution in [-0.2, 0) is 17.6 Å². The molecule has 1 aliphatic rings. The predicted octanol–water partition coefficient (Wildman–Crippen LogP) is 3.31. The van der Waals surface area contributed by atoms with Crippen molar-refractivity contribution in [1.82, 2.24) is 0 Å². The molecule has 2 aromatic carbocycles. The highest BCUT2D eigenvalue weighted by atomic mass is 16.5. The number of hydrogen-bond donors (Lipinski definition) is 1. The van der Waals surface area contributed by atoms with E-state index in [9.17, 15) is 4.79 Å². The fraction of sp³-hybridized carbons (Fsp3) is 0.278. The van der Waals surface area contributed by atoms with Gasteiger partial charge in [-0.2, -0.15) is 0 Å². The first kappa shape index (κ1) is 14.4. The van der Waals surface area contributed by atoms with Gasteiger partial charge in [0.05, 0.1) is 13.7 Å². The fourth-order valence-electron chi connectivity index (χ4n) is 2.80. The van der Waals surface area contributed by atoms with Crippen LogP contribution in [0.3, 0.4) is 0 Å². The summed E-state index contributed by atoms with van der Waals surface area (Å²) in [5.41, 5.74) is 4.14. The van der Waals surface area contributed by atoms with Gasteiger partial charge in [0.25, 0.3) is 0 Å². The monoisotopic (exact) mass is 298 g/mol. The van der Waals surface area contributed by atoms with Gasteiger partial charge in [-0.1, -0.05) is 24.3 Å². The molecule has 4 heteroatoms. The van der Waals surface area contributed by atoms with Gasteiger partial charge in [0.15, 0.2) is 0 Å². The number of carboxylic acid groups (broad SMARTS) is 1. The van der Waals surface area contributed by atoms with Crippen molar-refractivity contribution in [3.63, 3.8) is 0 Å². The van der Waals surface area contributed by atoms with Gasteiger partial charge >= 0.3 is 5.97 Å². The normalized spacial score (nSPS) is 12.6. The molecule has 1 aliphatic heterocycles. The molecule has 3 rings (SSSR count). The molecule has 4 nitrogen and oxygen atoms in total. The lowest BCUT2D eigenvalue weighted by atomic mass is 9.97. The molecular formula is C18H18O4. The van der Waals surface area contributed by atoms with E-state index in [1.54, 1.807) is 7.11 Å². The maximum absolute atomic E-state index is 10.8. The highest BCUT2D eigenvalue weighted by Gasteiger charge is 2.19. The minimum atomic E-state index is -0.790. The van der Waals surface area contributed by atoms with E-state index >= 15 is 0 Å². The lowest BCUT2D eigenvalue weighted by Gasteiger charge is -2.13. The molecule has 0 bridgehead atoms. The fourth-order valence-corrected chi connectivity index (χ4v) is 2.80. The van der Waals surface area contributed by atoms with Crippen LogP contribution in [-0.4, -0.2) is 24.8 Å². The van der Waals surface area contributed by atoms with Crippen LogP contribution >= 0.6 is 0 Å². The van der Waals surface area contributed by atoms with Gasteiger partial charge in [-0.15, -0.1) is 0 Å². The molecule has 1 N–H and O–H groups in total. The molecule has 0 unspecified atom stereocenters. The number of para-hydroxylation sites is 1. The van der Waals surface area contributed by atoms with E-state index < -0.39 is 5.97 Å². The number of carbonyl (C=O) groups is 1. The first-order chi connectivity index (χ1) is 10.7. The second-order valence-corrected chi connectivity index (χ2v) is 5.32. The highest BCUT2D eigenvalue weighted by molar-refractivity contribution is 5.78. The smallest absolute Gasteiger partial charge is 0.303 e. The third-order valence-electron chi connectivity index (χ3n) is 3.90. The Bertz CT molecular complexity index is 706. The Balaban J connectivity index is 2.03. The molecule has 0 amide bonds. The van der Waals surface area contributed by atoms with Crippen LogP contribution in [0.1, 0.15) is 17.5 Å². The van der Waals surface area contributed by atoms with Crippen molar-refractivity contribution in [2.75, 3.05) is 13.7 Å². The molecular weight excluding hydrogens is 280 g/mol. The van der Waals surface area contributed by atoms with Crippen LogP contribution in [0.2, 0.25) is 0 Å². The lowest BCUT2D eigenvalue weighted by Crippen LogP contribution is -1.98. The summed E-state index contributed by atoms with van der Waals surface area (Å²) in [6.45, 7) is 0.702. The zero-order valence-corrected chi connectivity index (χ0v) is 12.5. The summed E-state index contributed by atoms with van der Waals surface area (Å²) in [6.07, 6.45) is 1.54. The first-order valence-corrected chi connectivity index (χ1v) is 7.33. The Hall–Kier alpha value is -2.49. The third kappa shape index (κ3) is 2.77. The lowest BCUT2D eigenvalue weighted by molar-refractivity contribution is -0.136. The number of hydrogen-bond acceptors (Lipinski definition) is 3. The van der Waals surface area contributed by atoms with Crippen molar-refractivity contribution in [3.8, 4) is 22.6 Å². The average Bonchev–Trinajstić information content (AvgIpc) is 3.01. The zero-order chi connectivity index (χ0) is 15.5. The summed E-state index contributed by atoms with van der Waals surface area (Å²) in [4.78, 5) is 10.8. The number of methoxy groups -OCH3 is 1. The topological polar surface area (TPSA) is 55.8 Å². The van der Waals surface area contributed by atoms with Crippen molar-refractivity contribution in [2.24, 2.45) is 0 Å². The van der Waals surface area contributed by atoms with E-state index in [-0.39, 0.29) is 6.42 Å². The van der Waals surface area contributed by atoms with E-state index in [1.807, 2.05) is 30.3 Å². The van der Waals surface area contributed by atoms with Crippen LogP contribution in [0.5, 0.6) is 11.5 Å². The van der Waals surface area contributed by atoms with Crippen molar-refractivity contribution >= 4 is 5.97 Å². The van der Waals surface area contributed by atoms with E-state index in [0.717, 1.165) is 34.6 Å². The van der Waals surface area contributed by atoms with Crippen molar-refractivity contribution < 1.29 is 19.4 Å². The van der Waals surface area contributed by atoms with E-state index in [0.29, 0.717) is 13.0 Å². The standard InChI is InChI=1S/C18H18O4/c1-21-16-7-5-12(6-8-17(19)20)11-15(16)14-4-2-3-13-9-10-22-18(13)14/h2-5,7,11H,6,8-10H2,1H3,(H,19,20).